The van der Waals surface area contributed by atoms with Gasteiger partial charge in [-0.15, -0.1) is 0 Å². The standard InChI is InChI=1S/C7H16N4O2/c1-4-5-10(7(2)3)6-8-9-11(12)13/h6-7,9H,4-5H2,1-3H3/b8-6-. The van der Waals surface area contributed by atoms with Crippen molar-refractivity contribution < 1.29 is 5.03 Å². The molecule has 0 bridgehead atoms. The summed E-state index contributed by atoms with van der Waals surface area (Å²) >= 11 is 0. The van der Waals surface area contributed by atoms with Crippen LogP contribution in [-0.4, -0.2) is 28.9 Å². The number of hydrogen-bond acceptors (Lipinski definition) is 3. The molecule has 0 rings (SSSR count). The Morgan fingerprint density at radius 2 is 2.31 bits per heavy atom. The molecule has 6 nitrogen and oxygen atoms in total. The van der Waals surface area contributed by atoms with Crippen molar-refractivity contribution >= 4 is 6.34 Å². The molecule has 0 amide bonds. The lowest BCUT2D eigenvalue weighted by Crippen LogP contribution is -2.31. The first-order chi connectivity index (χ1) is 6.07. The number of hydrogen-bond donors (Lipinski definition) is 1. The molecule has 0 aromatic heterocycles. The average Bonchev–Trinajstić information content (AvgIpc) is 2.02. The quantitative estimate of drug-likeness (QED) is 0.290. The van der Waals surface area contributed by atoms with E-state index in [0.29, 0.717) is 6.04 Å². The molecular weight excluding hydrogens is 172 g/mol. The van der Waals surface area contributed by atoms with Crippen LogP contribution in [0, 0.1) is 10.1 Å². The van der Waals surface area contributed by atoms with Gasteiger partial charge < -0.3 is 15.0 Å². The minimum absolute atomic E-state index is 0.303. The van der Waals surface area contributed by atoms with Gasteiger partial charge >= 0.3 is 0 Å². The first-order valence-electron chi connectivity index (χ1n) is 4.26. The van der Waals surface area contributed by atoms with Crippen LogP contribution in [-0.2, 0) is 0 Å². The predicted molar refractivity (Wildman–Crippen MR) is 50.8 cm³/mol. The summed E-state index contributed by atoms with van der Waals surface area (Å²) in [5, 5.41) is 12.6. The molecule has 76 valence electrons. The van der Waals surface area contributed by atoms with Gasteiger partial charge in [-0.2, -0.15) is 0 Å². The number of rotatable bonds is 6. The average molecular weight is 188 g/mol. The molecule has 0 aliphatic heterocycles. The van der Waals surface area contributed by atoms with Gasteiger partial charge in [0, 0.05) is 12.6 Å². The fraction of sp³-hybridized carbons (Fsp3) is 0.857. The van der Waals surface area contributed by atoms with Crippen LogP contribution in [0.5, 0.6) is 0 Å². The Morgan fingerprint density at radius 3 is 2.69 bits per heavy atom. The number of hydrazine groups is 1. The molecule has 0 fully saturated rings. The molecule has 0 unspecified atom stereocenters. The van der Waals surface area contributed by atoms with E-state index in [9.17, 15) is 10.1 Å². The smallest absolute Gasteiger partial charge is 0.232 e. The second-order valence-corrected chi connectivity index (χ2v) is 2.93. The zero-order valence-electron chi connectivity index (χ0n) is 8.23. The van der Waals surface area contributed by atoms with E-state index >= 15 is 0 Å². The molecule has 0 aromatic rings. The van der Waals surface area contributed by atoms with Crippen molar-refractivity contribution in [2.75, 3.05) is 6.54 Å². The highest BCUT2D eigenvalue weighted by molar-refractivity contribution is 5.54. The Hall–Kier alpha value is -1.33. The molecule has 0 aromatic carbocycles. The minimum atomic E-state index is -0.693. The highest BCUT2D eigenvalue weighted by Gasteiger charge is 2.05. The predicted octanol–water partition coefficient (Wildman–Crippen LogP) is 0.831. The third-order valence-electron chi connectivity index (χ3n) is 1.49. The van der Waals surface area contributed by atoms with Crippen LogP contribution in [0.1, 0.15) is 27.2 Å². The topological polar surface area (TPSA) is 70.8 Å². The van der Waals surface area contributed by atoms with Gasteiger partial charge in [0.1, 0.15) is 0 Å². The lowest BCUT2D eigenvalue weighted by Gasteiger charge is -2.20. The first-order valence-corrected chi connectivity index (χ1v) is 4.26. The van der Waals surface area contributed by atoms with E-state index in [4.69, 9.17) is 0 Å². The van der Waals surface area contributed by atoms with Crippen LogP contribution in [0.4, 0.5) is 0 Å². The van der Waals surface area contributed by atoms with Gasteiger partial charge in [-0.05, 0) is 25.8 Å². The van der Waals surface area contributed by atoms with E-state index in [-0.39, 0.29) is 0 Å². The van der Waals surface area contributed by atoms with E-state index in [1.54, 1.807) is 5.53 Å². The SMILES string of the molecule is CCCN(/C=N\N[N+](=O)[O-])C(C)C. The van der Waals surface area contributed by atoms with Crippen molar-refractivity contribution in [1.82, 2.24) is 10.4 Å². The summed E-state index contributed by atoms with van der Waals surface area (Å²) in [7, 11) is 0. The zero-order valence-corrected chi connectivity index (χ0v) is 8.23. The van der Waals surface area contributed by atoms with Crippen molar-refractivity contribution in [3.63, 3.8) is 0 Å². The summed E-state index contributed by atoms with van der Waals surface area (Å²) in [5.41, 5.74) is 1.74. The van der Waals surface area contributed by atoms with E-state index in [2.05, 4.69) is 5.10 Å². The molecule has 13 heavy (non-hydrogen) atoms. The van der Waals surface area contributed by atoms with E-state index in [1.165, 1.54) is 6.34 Å². The summed E-state index contributed by atoms with van der Waals surface area (Å²) in [6, 6.07) is 0.303. The maximum Gasteiger partial charge on any atom is 0.232 e. The second-order valence-electron chi connectivity index (χ2n) is 2.93. The molecule has 0 saturated carbocycles. The fourth-order valence-electron chi connectivity index (χ4n) is 0.855. The van der Waals surface area contributed by atoms with Crippen LogP contribution in [0.3, 0.4) is 0 Å². The number of nitrogens with zero attached hydrogens (tertiary/aromatic N) is 3. The highest BCUT2D eigenvalue weighted by Crippen LogP contribution is 1.95. The van der Waals surface area contributed by atoms with E-state index < -0.39 is 5.03 Å². The Morgan fingerprint density at radius 1 is 1.69 bits per heavy atom. The maximum atomic E-state index is 9.87. The summed E-state index contributed by atoms with van der Waals surface area (Å²) in [4.78, 5) is 11.8. The van der Waals surface area contributed by atoms with Gasteiger partial charge in [0.05, 0.1) is 10.1 Å². The van der Waals surface area contributed by atoms with Crippen molar-refractivity contribution in [3.05, 3.63) is 10.1 Å². The molecule has 1 N–H and O–H groups in total. The van der Waals surface area contributed by atoms with Crippen LogP contribution in [0.25, 0.3) is 0 Å². The third kappa shape index (κ3) is 5.89. The first kappa shape index (κ1) is 11.7. The number of nitro groups is 1. The van der Waals surface area contributed by atoms with Crippen LogP contribution in [0.2, 0.25) is 0 Å². The third-order valence-corrected chi connectivity index (χ3v) is 1.49. The molecule has 0 radical (unpaired) electrons. The Bertz CT molecular complexity index is 181. The van der Waals surface area contributed by atoms with E-state index in [1.807, 2.05) is 25.7 Å². The molecule has 0 spiro atoms. The fourth-order valence-corrected chi connectivity index (χ4v) is 0.855. The van der Waals surface area contributed by atoms with Crippen molar-refractivity contribution in [2.45, 2.75) is 33.2 Å². The summed E-state index contributed by atoms with van der Waals surface area (Å²) in [6.45, 7) is 6.91. The van der Waals surface area contributed by atoms with E-state index in [0.717, 1.165) is 13.0 Å². The second kappa shape index (κ2) is 6.22. The monoisotopic (exact) mass is 188 g/mol. The normalized spacial score (nSPS) is 10.8. The zero-order chi connectivity index (χ0) is 10.3. The van der Waals surface area contributed by atoms with Crippen molar-refractivity contribution in [2.24, 2.45) is 5.10 Å². The van der Waals surface area contributed by atoms with Gasteiger partial charge in [0.25, 0.3) is 0 Å². The number of nitrogens with one attached hydrogen (secondary N) is 1. The summed E-state index contributed by atoms with van der Waals surface area (Å²) in [6.07, 6.45) is 2.44. The van der Waals surface area contributed by atoms with Crippen LogP contribution in [0.15, 0.2) is 5.10 Å². The van der Waals surface area contributed by atoms with Gasteiger partial charge in [0.15, 0.2) is 0 Å². The lowest BCUT2D eigenvalue weighted by atomic mass is 10.3. The Labute approximate surface area is 77.7 Å². The minimum Gasteiger partial charge on any atom is -0.339 e. The molecule has 0 heterocycles. The van der Waals surface area contributed by atoms with Crippen LogP contribution < -0.4 is 5.53 Å². The summed E-state index contributed by atoms with van der Waals surface area (Å²) < 4.78 is 0. The molecule has 0 atom stereocenters. The molecule has 0 saturated heterocycles. The van der Waals surface area contributed by atoms with Crippen molar-refractivity contribution in [3.8, 4) is 0 Å². The molecular formula is C7H16N4O2. The van der Waals surface area contributed by atoms with Gasteiger partial charge in [-0.1, -0.05) is 6.92 Å². The van der Waals surface area contributed by atoms with Gasteiger partial charge in [0.2, 0.25) is 6.34 Å². The van der Waals surface area contributed by atoms with Gasteiger partial charge in [-0.3, -0.25) is 0 Å². The molecule has 6 heteroatoms. The molecule has 0 aliphatic carbocycles. The Kier molecular flexibility index (Phi) is 5.58. The van der Waals surface area contributed by atoms with Gasteiger partial charge in [-0.25, -0.2) is 0 Å². The largest absolute Gasteiger partial charge is 0.339 e. The van der Waals surface area contributed by atoms with Crippen LogP contribution >= 0.6 is 0 Å². The lowest BCUT2D eigenvalue weighted by molar-refractivity contribution is -0.545. The maximum absolute atomic E-state index is 9.87. The summed E-state index contributed by atoms with van der Waals surface area (Å²) in [5.74, 6) is 0. The molecule has 0 aliphatic rings. The Balaban J connectivity index is 3.93. The highest BCUT2D eigenvalue weighted by atomic mass is 16.7. The van der Waals surface area contributed by atoms with Crippen molar-refractivity contribution in [1.29, 1.82) is 0 Å². The number of hydrazone groups is 1.